The van der Waals surface area contributed by atoms with Crippen LogP contribution in [0.5, 0.6) is 5.75 Å². The fourth-order valence-corrected chi connectivity index (χ4v) is 5.48. The molecule has 0 aromatic heterocycles. The lowest BCUT2D eigenvalue weighted by Gasteiger charge is -2.14. The molecule has 1 atom stereocenters. The molecule has 2 aliphatic rings. The van der Waals surface area contributed by atoms with E-state index in [0.717, 1.165) is 33.5 Å². The Bertz CT molecular complexity index is 1480. The number of ether oxygens (including phenoxy) is 1. The Labute approximate surface area is 222 Å². The Morgan fingerprint density at radius 1 is 1.19 bits per heavy atom. The van der Waals surface area contributed by atoms with Gasteiger partial charge in [-0.25, -0.2) is 4.79 Å². The number of carbonyl (C=O) groups excluding carboxylic acids is 1. The van der Waals surface area contributed by atoms with Crippen LogP contribution in [0.25, 0.3) is 17.2 Å². The minimum Gasteiger partial charge on any atom is -0.496 e. The van der Waals surface area contributed by atoms with Crippen molar-refractivity contribution in [3.8, 4) is 16.9 Å². The molecule has 0 spiro atoms. The number of benzene rings is 3. The summed E-state index contributed by atoms with van der Waals surface area (Å²) in [6.45, 7) is 0.411. The quantitative estimate of drug-likeness (QED) is 0.303. The van der Waals surface area contributed by atoms with Crippen LogP contribution < -0.4 is 10.5 Å². The molecule has 1 fully saturated rings. The van der Waals surface area contributed by atoms with Crippen molar-refractivity contribution in [2.45, 2.75) is 12.6 Å². The second-order valence-corrected chi connectivity index (χ2v) is 10.2. The van der Waals surface area contributed by atoms with Gasteiger partial charge in [-0.05, 0) is 59.5 Å². The standard InChI is InChI=1S/C27H22N4O4S2/c1-35-22-9-4-16(12-20(22)18-7-8-19-21(14-18)29-30-24(19)28)13-23-25(32)31(27(36)37-23)11-10-15-2-5-17(6-3-15)26(33)34/h2-9,12-14,24H,10-11,28H2,1H3,(H,33,34)/b23-13-. The molecule has 8 nitrogen and oxygen atoms in total. The van der Waals surface area contributed by atoms with Crippen molar-refractivity contribution in [3.05, 3.63) is 87.8 Å². The zero-order valence-electron chi connectivity index (χ0n) is 19.7. The van der Waals surface area contributed by atoms with Crippen LogP contribution in [0.15, 0.2) is 75.8 Å². The maximum absolute atomic E-state index is 13.1. The largest absolute Gasteiger partial charge is 0.496 e. The van der Waals surface area contributed by atoms with E-state index >= 15 is 0 Å². The van der Waals surface area contributed by atoms with Crippen LogP contribution >= 0.6 is 24.0 Å². The second kappa shape index (κ2) is 10.3. The molecular formula is C27H22N4O4S2. The molecule has 3 aromatic carbocycles. The number of nitrogens with two attached hydrogens (primary N) is 1. The fourth-order valence-electron chi connectivity index (χ4n) is 4.17. The van der Waals surface area contributed by atoms with Gasteiger partial charge in [0.15, 0.2) is 0 Å². The highest BCUT2D eigenvalue weighted by atomic mass is 32.2. The third-order valence-corrected chi connectivity index (χ3v) is 7.55. The average Bonchev–Trinajstić information content (AvgIpc) is 3.40. The molecule has 1 unspecified atom stereocenters. The van der Waals surface area contributed by atoms with E-state index in [0.29, 0.717) is 27.9 Å². The maximum Gasteiger partial charge on any atom is 0.335 e. The fraction of sp³-hybridized carbons (Fsp3) is 0.148. The number of carboxylic acid groups (broad SMARTS) is 1. The van der Waals surface area contributed by atoms with Crippen molar-refractivity contribution >= 4 is 51.9 Å². The summed E-state index contributed by atoms with van der Waals surface area (Å²) >= 11 is 6.74. The Morgan fingerprint density at radius 3 is 2.70 bits per heavy atom. The number of thioether (sulfide) groups is 1. The van der Waals surface area contributed by atoms with Crippen LogP contribution in [0.3, 0.4) is 0 Å². The van der Waals surface area contributed by atoms with E-state index < -0.39 is 12.1 Å². The van der Waals surface area contributed by atoms with Gasteiger partial charge in [-0.15, -0.1) is 0 Å². The van der Waals surface area contributed by atoms with Crippen molar-refractivity contribution in [2.24, 2.45) is 16.0 Å². The van der Waals surface area contributed by atoms with Gasteiger partial charge < -0.3 is 15.6 Å². The lowest BCUT2D eigenvalue weighted by atomic mass is 9.99. The van der Waals surface area contributed by atoms with Crippen molar-refractivity contribution in [1.82, 2.24) is 4.90 Å². The number of rotatable bonds is 7. The first-order chi connectivity index (χ1) is 17.8. The highest BCUT2D eigenvalue weighted by molar-refractivity contribution is 8.26. The molecule has 10 heteroatoms. The third-order valence-electron chi connectivity index (χ3n) is 6.17. The van der Waals surface area contributed by atoms with Crippen LogP contribution in [0, 0.1) is 0 Å². The van der Waals surface area contributed by atoms with E-state index in [-0.39, 0.29) is 11.5 Å². The molecule has 37 heavy (non-hydrogen) atoms. The molecule has 0 bridgehead atoms. The summed E-state index contributed by atoms with van der Waals surface area (Å²) in [5.74, 6) is -0.430. The van der Waals surface area contributed by atoms with Gasteiger partial charge in [-0.2, -0.15) is 10.2 Å². The zero-order chi connectivity index (χ0) is 26.1. The normalized spacial score (nSPS) is 17.5. The first-order valence-corrected chi connectivity index (χ1v) is 12.6. The highest BCUT2D eigenvalue weighted by Gasteiger charge is 2.31. The van der Waals surface area contributed by atoms with E-state index in [2.05, 4.69) is 10.2 Å². The monoisotopic (exact) mass is 530 g/mol. The van der Waals surface area contributed by atoms with E-state index in [1.54, 1.807) is 36.3 Å². The number of nitrogens with zero attached hydrogens (tertiary/aromatic N) is 3. The summed E-state index contributed by atoms with van der Waals surface area (Å²) in [6.07, 6.45) is 1.95. The number of aromatic carboxylic acids is 1. The molecule has 2 aliphatic heterocycles. The van der Waals surface area contributed by atoms with Crippen LogP contribution in [0.2, 0.25) is 0 Å². The molecule has 186 valence electrons. The lowest BCUT2D eigenvalue weighted by Crippen LogP contribution is -2.30. The number of thiocarbonyl (C=S) groups is 1. The van der Waals surface area contributed by atoms with Crippen LogP contribution in [-0.4, -0.2) is 39.9 Å². The van der Waals surface area contributed by atoms with Gasteiger partial charge in [0.1, 0.15) is 16.2 Å². The van der Waals surface area contributed by atoms with E-state index in [9.17, 15) is 9.59 Å². The summed E-state index contributed by atoms with van der Waals surface area (Å²) < 4.78 is 6.07. The third kappa shape index (κ3) is 5.04. The van der Waals surface area contributed by atoms with Crippen molar-refractivity contribution < 1.29 is 19.4 Å². The summed E-state index contributed by atoms with van der Waals surface area (Å²) in [5.41, 5.74) is 11.3. The Balaban J connectivity index is 1.35. The molecule has 2 heterocycles. The zero-order valence-corrected chi connectivity index (χ0v) is 21.4. The molecule has 3 N–H and O–H groups in total. The number of hydrogen-bond donors (Lipinski definition) is 2. The molecule has 3 aromatic rings. The van der Waals surface area contributed by atoms with Crippen LogP contribution in [-0.2, 0) is 11.2 Å². The first-order valence-electron chi connectivity index (χ1n) is 11.4. The molecule has 1 saturated heterocycles. The van der Waals surface area contributed by atoms with Crippen LogP contribution in [0.1, 0.15) is 33.2 Å². The molecular weight excluding hydrogens is 508 g/mol. The highest BCUT2D eigenvalue weighted by Crippen LogP contribution is 2.40. The summed E-state index contributed by atoms with van der Waals surface area (Å²) in [7, 11) is 1.61. The Kier molecular flexibility index (Phi) is 6.88. The summed E-state index contributed by atoms with van der Waals surface area (Å²) in [5, 5.41) is 17.2. The van der Waals surface area contributed by atoms with Gasteiger partial charge in [-0.3, -0.25) is 9.69 Å². The average molecular weight is 531 g/mol. The predicted octanol–water partition coefficient (Wildman–Crippen LogP) is 5.56. The van der Waals surface area contributed by atoms with Gasteiger partial charge in [0.2, 0.25) is 0 Å². The number of fused-ring (bicyclic) bond motifs is 1. The number of methoxy groups -OCH3 is 1. The lowest BCUT2D eigenvalue weighted by molar-refractivity contribution is -0.122. The van der Waals surface area contributed by atoms with Gasteiger partial charge >= 0.3 is 5.97 Å². The van der Waals surface area contributed by atoms with Crippen molar-refractivity contribution in [1.29, 1.82) is 0 Å². The van der Waals surface area contributed by atoms with Gasteiger partial charge in [0.25, 0.3) is 5.91 Å². The number of azo groups is 1. The number of carbonyl (C=O) groups is 2. The van der Waals surface area contributed by atoms with E-state index in [1.165, 1.54) is 11.8 Å². The summed E-state index contributed by atoms with van der Waals surface area (Å²) in [6, 6.07) is 18.1. The molecule has 1 amide bonds. The Hall–Kier alpha value is -3.86. The van der Waals surface area contributed by atoms with Gasteiger partial charge in [0, 0.05) is 17.7 Å². The Morgan fingerprint density at radius 2 is 1.97 bits per heavy atom. The smallest absolute Gasteiger partial charge is 0.335 e. The van der Waals surface area contributed by atoms with Crippen molar-refractivity contribution in [3.63, 3.8) is 0 Å². The number of carboxylic acids is 1. The minimum atomic E-state index is -0.971. The molecule has 0 saturated carbocycles. The first kappa shape index (κ1) is 24.8. The number of amides is 1. The predicted molar refractivity (Wildman–Crippen MR) is 147 cm³/mol. The van der Waals surface area contributed by atoms with Gasteiger partial charge in [-0.1, -0.05) is 54.3 Å². The second-order valence-electron chi connectivity index (χ2n) is 8.48. The SMILES string of the molecule is COc1ccc(/C=C2\SC(=S)N(CCc3ccc(C(=O)O)cc3)C2=O)cc1-c1ccc2c(c1)N=NC2N. The molecule has 5 rings (SSSR count). The van der Waals surface area contributed by atoms with Crippen LogP contribution in [0.4, 0.5) is 5.69 Å². The minimum absolute atomic E-state index is 0.151. The van der Waals surface area contributed by atoms with Gasteiger partial charge in [0.05, 0.1) is 23.3 Å². The molecule has 0 aliphatic carbocycles. The van der Waals surface area contributed by atoms with E-state index in [1.807, 2.05) is 42.5 Å². The van der Waals surface area contributed by atoms with E-state index in [4.69, 9.17) is 27.8 Å². The topological polar surface area (TPSA) is 118 Å². The number of hydrogen-bond acceptors (Lipinski definition) is 8. The summed E-state index contributed by atoms with van der Waals surface area (Å²) in [4.78, 5) is 26.3. The maximum atomic E-state index is 13.1. The molecule has 0 radical (unpaired) electrons. The van der Waals surface area contributed by atoms with Crippen molar-refractivity contribution in [2.75, 3.05) is 13.7 Å².